The number of hydrogen-bond acceptors (Lipinski definition) is 7. The predicted octanol–water partition coefficient (Wildman–Crippen LogP) is 7.25. The summed E-state index contributed by atoms with van der Waals surface area (Å²) in [5.41, 5.74) is 13.2. The third-order valence-electron chi connectivity index (χ3n) is 8.69. The summed E-state index contributed by atoms with van der Waals surface area (Å²) in [7, 11) is -0.626. The molecule has 0 saturated carbocycles. The summed E-state index contributed by atoms with van der Waals surface area (Å²) >= 11 is 1.48. The predicted molar refractivity (Wildman–Crippen MR) is 174 cm³/mol. The Balaban J connectivity index is 1.18. The fourth-order valence-electron chi connectivity index (χ4n) is 5.66. The van der Waals surface area contributed by atoms with Crippen molar-refractivity contribution in [1.82, 2.24) is 10.3 Å². The molecule has 1 saturated heterocycles. The molecule has 1 aliphatic carbocycles. The van der Waals surface area contributed by atoms with Crippen LogP contribution in [0.5, 0.6) is 0 Å². The lowest BCUT2D eigenvalue weighted by Crippen LogP contribution is -2.41. The molecule has 0 unspecified atom stereocenters. The number of rotatable bonds is 7. The van der Waals surface area contributed by atoms with Crippen LogP contribution in [0.3, 0.4) is 0 Å². The van der Waals surface area contributed by atoms with Gasteiger partial charge in [-0.05, 0) is 67.9 Å². The van der Waals surface area contributed by atoms with Crippen LogP contribution in [0.2, 0.25) is 0 Å². The molecule has 2 heterocycles. The van der Waals surface area contributed by atoms with Crippen molar-refractivity contribution in [3.63, 3.8) is 0 Å². The van der Waals surface area contributed by atoms with E-state index in [4.69, 9.17) is 19.8 Å². The van der Waals surface area contributed by atoms with E-state index in [9.17, 15) is 4.79 Å². The maximum Gasteiger partial charge on any atom is 0.492 e. The van der Waals surface area contributed by atoms with Crippen molar-refractivity contribution in [3.05, 3.63) is 99.8 Å². The molecule has 7 nitrogen and oxygen atoms in total. The largest absolute Gasteiger partial charge is 0.492 e. The van der Waals surface area contributed by atoms with E-state index in [0.717, 1.165) is 27.2 Å². The monoisotopic (exact) mass is 593 g/mol. The number of amides is 1. The quantitative estimate of drug-likeness (QED) is 0.219. The number of nitrogen functional groups attached to an aromatic ring is 1. The van der Waals surface area contributed by atoms with Crippen LogP contribution < -0.4 is 11.1 Å². The first kappa shape index (κ1) is 29.2. The highest BCUT2D eigenvalue weighted by molar-refractivity contribution is 7.15. The Labute approximate surface area is 257 Å². The minimum absolute atomic E-state index is 0.00789. The van der Waals surface area contributed by atoms with Crippen LogP contribution in [0.15, 0.2) is 78.3 Å². The molecule has 6 rings (SSSR count). The second-order valence-corrected chi connectivity index (χ2v) is 13.3. The number of fused-ring (bicyclic) bond motifs is 3. The van der Waals surface area contributed by atoms with Gasteiger partial charge in [0.15, 0.2) is 5.13 Å². The first-order chi connectivity index (χ1) is 20.5. The van der Waals surface area contributed by atoms with Gasteiger partial charge in [-0.25, -0.2) is 9.78 Å². The number of ether oxygens (including phenoxy) is 1. The summed E-state index contributed by atoms with van der Waals surface area (Å²) in [4.78, 5) is 18.6. The third-order valence-corrected chi connectivity index (χ3v) is 9.49. The van der Waals surface area contributed by atoms with Gasteiger partial charge < -0.3 is 25.1 Å². The molecule has 0 bridgehead atoms. The summed E-state index contributed by atoms with van der Waals surface area (Å²) in [6, 6.07) is 24.7. The average molecular weight is 594 g/mol. The van der Waals surface area contributed by atoms with Crippen molar-refractivity contribution < 1.29 is 18.8 Å². The summed E-state index contributed by atoms with van der Waals surface area (Å²) in [6.45, 7) is 10.5. The normalized spacial score (nSPS) is 17.0. The van der Waals surface area contributed by atoms with Crippen LogP contribution >= 0.6 is 11.3 Å². The average Bonchev–Trinajstić information content (AvgIpc) is 3.56. The van der Waals surface area contributed by atoms with E-state index in [1.807, 2.05) is 89.2 Å². The minimum Gasteiger partial charge on any atom is -0.449 e. The van der Waals surface area contributed by atoms with Crippen LogP contribution in [0.25, 0.3) is 28.5 Å². The minimum atomic E-state index is -0.626. The number of anilines is 1. The molecule has 0 radical (unpaired) electrons. The van der Waals surface area contributed by atoms with Crippen LogP contribution in [0, 0.1) is 6.92 Å². The molecular formula is C34H36BN3O4S. The van der Waals surface area contributed by atoms with Gasteiger partial charge in [0.1, 0.15) is 6.61 Å². The maximum atomic E-state index is 13.0. The van der Waals surface area contributed by atoms with Crippen molar-refractivity contribution in [3.8, 4) is 22.4 Å². The van der Waals surface area contributed by atoms with E-state index in [0.29, 0.717) is 5.13 Å². The SMILES string of the molecule is Cc1sc(N)nc1-c1ccc(C=C(CNC(=O)OCC2c3ccccc3-c3ccccc32)B2OC(C)(C)C(C)(C)O2)cc1. The lowest BCUT2D eigenvalue weighted by atomic mass is 9.77. The number of carbonyl (C=O) groups excluding carboxylic acids is 1. The number of aryl methyl sites for hydroxylation is 1. The van der Waals surface area contributed by atoms with Gasteiger partial charge >= 0.3 is 13.2 Å². The molecule has 1 amide bonds. The molecule has 0 spiro atoms. The first-order valence-corrected chi connectivity index (χ1v) is 15.3. The van der Waals surface area contributed by atoms with Crippen molar-refractivity contribution in [2.45, 2.75) is 51.7 Å². The number of thiazole rings is 1. The zero-order valence-electron chi connectivity index (χ0n) is 25.1. The number of hydrogen-bond donors (Lipinski definition) is 2. The van der Waals surface area contributed by atoms with Crippen molar-refractivity contribution in [1.29, 1.82) is 0 Å². The summed E-state index contributed by atoms with van der Waals surface area (Å²) < 4.78 is 18.5. The lowest BCUT2D eigenvalue weighted by Gasteiger charge is -2.32. The molecule has 4 aromatic rings. The Morgan fingerprint density at radius 3 is 2.12 bits per heavy atom. The smallest absolute Gasteiger partial charge is 0.449 e. The van der Waals surface area contributed by atoms with Gasteiger partial charge in [-0.15, -0.1) is 11.3 Å². The number of nitrogens with one attached hydrogen (secondary N) is 1. The van der Waals surface area contributed by atoms with Gasteiger partial charge in [0.05, 0.1) is 16.9 Å². The molecule has 9 heteroatoms. The molecule has 0 atom stereocenters. The fourth-order valence-corrected chi connectivity index (χ4v) is 6.37. The van der Waals surface area contributed by atoms with E-state index in [-0.39, 0.29) is 19.1 Å². The second kappa shape index (κ2) is 11.3. The highest BCUT2D eigenvalue weighted by atomic mass is 32.1. The van der Waals surface area contributed by atoms with E-state index >= 15 is 0 Å². The van der Waals surface area contributed by atoms with Gasteiger partial charge in [-0.3, -0.25) is 0 Å². The van der Waals surface area contributed by atoms with Gasteiger partial charge in [-0.1, -0.05) is 78.9 Å². The molecule has 1 fully saturated rings. The van der Waals surface area contributed by atoms with E-state index in [1.54, 1.807) is 0 Å². The van der Waals surface area contributed by atoms with Gasteiger partial charge in [0.2, 0.25) is 0 Å². The molecule has 1 aromatic heterocycles. The standard InChI is InChI=1S/C34H36BN3O4S/c1-21-30(38-31(36)43-21)23-16-14-22(15-17-23)18-24(35-41-33(2,3)34(4,5)42-35)19-37-32(39)40-20-29-27-12-8-6-10-25(27)26-11-7-9-13-28(26)29/h6-18,29H,19-20H2,1-5H3,(H2,36,38)(H,37,39). The first-order valence-electron chi connectivity index (χ1n) is 14.5. The molecule has 43 heavy (non-hydrogen) atoms. The van der Waals surface area contributed by atoms with E-state index in [2.05, 4.69) is 34.6 Å². The molecule has 3 N–H and O–H groups in total. The summed E-state index contributed by atoms with van der Waals surface area (Å²) in [5.74, 6) is -0.00789. The molecular weight excluding hydrogens is 557 g/mol. The number of benzene rings is 3. The van der Waals surface area contributed by atoms with Crippen molar-refractivity contribution in [2.75, 3.05) is 18.9 Å². The molecule has 3 aromatic carbocycles. The zero-order chi connectivity index (χ0) is 30.4. The van der Waals surface area contributed by atoms with Crippen LogP contribution in [0.1, 0.15) is 55.2 Å². The third kappa shape index (κ3) is 5.72. The summed E-state index contributed by atoms with van der Waals surface area (Å²) in [5, 5.41) is 3.50. The number of nitrogens with two attached hydrogens (primary N) is 1. The van der Waals surface area contributed by atoms with Crippen molar-refractivity contribution >= 4 is 35.8 Å². The Bertz CT molecular complexity index is 1630. The Morgan fingerprint density at radius 2 is 1.56 bits per heavy atom. The summed E-state index contributed by atoms with van der Waals surface area (Å²) in [6.07, 6.45) is 1.51. The lowest BCUT2D eigenvalue weighted by molar-refractivity contribution is 0.00578. The van der Waals surface area contributed by atoms with Crippen LogP contribution in [-0.2, 0) is 14.0 Å². The van der Waals surface area contributed by atoms with Gasteiger partial charge in [0.25, 0.3) is 0 Å². The van der Waals surface area contributed by atoms with Crippen molar-refractivity contribution in [2.24, 2.45) is 0 Å². The van der Waals surface area contributed by atoms with E-state index < -0.39 is 24.4 Å². The van der Waals surface area contributed by atoms with Crippen LogP contribution in [0.4, 0.5) is 9.93 Å². The Hall–Kier alpha value is -3.92. The second-order valence-electron chi connectivity index (χ2n) is 12.1. The zero-order valence-corrected chi connectivity index (χ0v) is 26.0. The molecule has 2 aliphatic rings. The fraction of sp³-hybridized carbons (Fsp3) is 0.294. The highest BCUT2D eigenvalue weighted by Crippen LogP contribution is 2.44. The van der Waals surface area contributed by atoms with Crippen LogP contribution in [-0.4, -0.2) is 42.5 Å². The topological polar surface area (TPSA) is 95.7 Å². The number of aromatic nitrogens is 1. The highest BCUT2D eigenvalue weighted by Gasteiger charge is 2.52. The number of nitrogens with zero attached hydrogens (tertiary/aromatic N) is 1. The Morgan fingerprint density at radius 1 is 0.977 bits per heavy atom. The maximum absolute atomic E-state index is 13.0. The Kier molecular flexibility index (Phi) is 7.67. The molecule has 220 valence electrons. The van der Waals surface area contributed by atoms with Gasteiger partial charge in [-0.2, -0.15) is 0 Å². The number of carbonyl (C=O) groups is 1. The van der Waals surface area contributed by atoms with E-state index in [1.165, 1.54) is 33.6 Å². The molecule has 1 aliphatic heterocycles. The number of alkyl carbamates (subject to hydrolysis) is 1. The van der Waals surface area contributed by atoms with Gasteiger partial charge in [0, 0.05) is 22.9 Å².